The van der Waals surface area contributed by atoms with Gasteiger partial charge in [-0.1, -0.05) is 12.1 Å². The maximum Gasteiger partial charge on any atom is 0.408 e. The van der Waals surface area contributed by atoms with Crippen LogP contribution in [0.25, 0.3) is 0 Å². The number of anilines is 1. The fraction of sp³-hybridized carbons (Fsp3) is 0.500. The second-order valence-corrected chi connectivity index (χ2v) is 8.49. The fourth-order valence-electron chi connectivity index (χ4n) is 5.22. The molecule has 0 amide bonds. The maximum atomic E-state index is 13.8. The van der Waals surface area contributed by atoms with Crippen LogP contribution in [0.15, 0.2) is 48.5 Å². The van der Waals surface area contributed by atoms with Gasteiger partial charge in [-0.2, -0.15) is 13.2 Å². The van der Waals surface area contributed by atoms with Gasteiger partial charge in [0.25, 0.3) is 0 Å². The smallest absolute Gasteiger partial charge is 0.408 e. The third-order valence-electron chi connectivity index (χ3n) is 6.92. The van der Waals surface area contributed by atoms with Crippen LogP contribution in [0.3, 0.4) is 0 Å². The molecule has 0 radical (unpaired) electrons. The summed E-state index contributed by atoms with van der Waals surface area (Å²) in [6.45, 7) is 2.96. The normalized spacial score (nSPS) is 27.2. The summed E-state index contributed by atoms with van der Waals surface area (Å²) in [7, 11) is 3.17. The van der Waals surface area contributed by atoms with Crippen LogP contribution in [0, 0.1) is 11.8 Å². The molecule has 1 aliphatic heterocycles. The highest BCUT2D eigenvalue weighted by Crippen LogP contribution is 2.66. The molecule has 2 fully saturated rings. The van der Waals surface area contributed by atoms with E-state index in [1.54, 1.807) is 43.4 Å². The number of piperidine rings is 1. The van der Waals surface area contributed by atoms with Crippen molar-refractivity contribution in [1.29, 1.82) is 0 Å². The molecule has 1 saturated carbocycles. The van der Waals surface area contributed by atoms with E-state index in [-0.39, 0.29) is 18.3 Å². The van der Waals surface area contributed by atoms with E-state index in [4.69, 9.17) is 14.2 Å². The molecule has 4 nitrogen and oxygen atoms in total. The van der Waals surface area contributed by atoms with Crippen LogP contribution in [0.2, 0.25) is 0 Å². The van der Waals surface area contributed by atoms with E-state index in [9.17, 15) is 13.2 Å². The third kappa shape index (κ3) is 4.07. The van der Waals surface area contributed by atoms with Crippen LogP contribution in [0.4, 0.5) is 18.9 Å². The molecule has 0 bridgehead atoms. The van der Waals surface area contributed by atoms with Crippen molar-refractivity contribution in [3.05, 3.63) is 54.1 Å². The lowest BCUT2D eigenvalue weighted by Crippen LogP contribution is -2.49. The molecule has 168 valence electrons. The number of hydrogen-bond donors (Lipinski definition) is 0. The second kappa shape index (κ2) is 8.26. The summed E-state index contributed by atoms with van der Waals surface area (Å²) in [5, 5.41) is 0. The number of nitrogens with zero attached hydrogens (tertiary/aromatic N) is 1. The number of alkyl halides is 3. The second-order valence-electron chi connectivity index (χ2n) is 8.49. The van der Waals surface area contributed by atoms with Gasteiger partial charge in [-0.05, 0) is 73.6 Å². The van der Waals surface area contributed by atoms with E-state index in [1.165, 1.54) is 0 Å². The highest BCUT2D eigenvalue weighted by Gasteiger charge is 2.73. The Labute approximate surface area is 180 Å². The molecule has 0 N–H and O–H groups in total. The van der Waals surface area contributed by atoms with Crippen molar-refractivity contribution in [2.45, 2.75) is 44.1 Å². The van der Waals surface area contributed by atoms with Crippen molar-refractivity contribution in [3.63, 3.8) is 0 Å². The van der Waals surface area contributed by atoms with Crippen molar-refractivity contribution in [2.75, 3.05) is 25.7 Å². The van der Waals surface area contributed by atoms with Gasteiger partial charge in [0.1, 0.15) is 17.5 Å². The zero-order valence-electron chi connectivity index (χ0n) is 18.0. The number of hydrogen-bond acceptors (Lipinski definition) is 4. The Morgan fingerprint density at radius 2 is 1.55 bits per heavy atom. The van der Waals surface area contributed by atoms with Gasteiger partial charge < -0.3 is 19.1 Å². The van der Waals surface area contributed by atoms with Crippen molar-refractivity contribution >= 4 is 5.69 Å². The standard InChI is InChI=1S/C24H28F3NO3/c1-23-20(12-13-31-15-16-4-8-18(29-2)9-5-16)21(23)14-22(24(25,26)27)28(23)17-6-10-19(30-3)11-7-17/h4-11,20-22H,12-15H2,1-3H3/t20-,21+,22+,23-/m1/s1. The van der Waals surface area contributed by atoms with Gasteiger partial charge in [0.2, 0.25) is 0 Å². The molecule has 0 unspecified atom stereocenters. The number of ether oxygens (including phenoxy) is 3. The van der Waals surface area contributed by atoms with E-state index in [2.05, 4.69) is 0 Å². The minimum atomic E-state index is -4.26. The summed E-state index contributed by atoms with van der Waals surface area (Å²) in [5.74, 6) is 1.63. The van der Waals surface area contributed by atoms with Gasteiger partial charge in [-0.3, -0.25) is 0 Å². The predicted molar refractivity (Wildman–Crippen MR) is 113 cm³/mol. The number of halogens is 3. The lowest BCUT2D eigenvalue weighted by atomic mass is 10.0. The van der Waals surface area contributed by atoms with E-state index >= 15 is 0 Å². The topological polar surface area (TPSA) is 30.9 Å². The Balaban J connectivity index is 1.39. The summed E-state index contributed by atoms with van der Waals surface area (Å²) in [6, 6.07) is 13.1. The molecule has 0 aromatic heterocycles. The van der Waals surface area contributed by atoms with Gasteiger partial charge in [-0.25, -0.2) is 0 Å². The lowest BCUT2D eigenvalue weighted by molar-refractivity contribution is -0.149. The number of methoxy groups -OCH3 is 2. The summed E-state index contributed by atoms with van der Waals surface area (Å²) >= 11 is 0. The van der Waals surface area contributed by atoms with E-state index in [0.717, 1.165) is 17.7 Å². The average molecular weight is 435 g/mol. The molecule has 4 rings (SSSR count). The minimum Gasteiger partial charge on any atom is -0.497 e. The van der Waals surface area contributed by atoms with Gasteiger partial charge in [0.05, 0.1) is 20.8 Å². The molecule has 2 aliphatic rings. The first-order chi connectivity index (χ1) is 14.8. The van der Waals surface area contributed by atoms with Gasteiger partial charge in [-0.15, -0.1) is 0 Å². The zero-order valence-corrected chi connectivity index (χ0v) is 18.0. The van der Waals surface area contributed by atoms with Gasteiger partial charge in [0, 0.05) is 17.8 Å². The predicted octanol–water partition coefficient (Wildman–Crippen LogP) is 5.46. The van der Waals surface area contributed by atoms with Gasteiger partial charge >= 0.3 is 6.18 Å². The van der Waals surface area contributed by atoms with E-state index in [0.29, 0.717) is 24.7 Å². The van der Waals surface area contributed by atoms with Crippen LogP contribution >= 0.6 is 0 Å². The Hall–Kier alpha value is -2.41. The Morgan fingerprint density at radius 1 is 0.968 bits per heavy atom. The summed E-state index contributed by atoms with van der Waals surface area (Å²) in [5.41, 5.74) is 1.13. The Morgan fingerprint density at radius 3 is 2.10 bits per heavy atom. The molecule has 31 heavy (non-hydrogen) atoms. The number of fused-ring (bicyclic) bond motifs is 1. The fourth-order valence-corrected chi connectivity index (χ4v) is 5.22. The highest BCUT2D eigenvalue weighted by atomic mass is 19.4. The molecule has 1 aliphatic carbocycles. The number of benzene rings is 2. The zero-order chi connectivity index (χ0) is 22.2. The van der Waals surface area contributed by atoms with E-state index in [1.807, 2.05) is 31.2 Å². The largest absolute Gasteiger partial charge is 0.497 e. The first-order valence-corrected chi connectivity index (χ1v) is 10.5. The van der Waals surface area contributed by atoms with Crippen LogP contribution in [0.1, 0.15) is 25.3 Å². The van der Waals surface area contributed by atoms with Gasteiger partial charge in [0.15, 0.2) is 0 Å². The highest BCUT2D eigenvalue weighted by molar-refractivity contribution is 5.58. The van der Waals surface area contributed by atoms with Crippen LogP contribution in [-0.2, 0) is 11.3 Å². The summed E-state index contributed by atoms with van der Waals surface area (Å²) in [6.07, 6.45) is -3.38. The average Bonchev–Trinajstić information content (AvgIpc) is 3.17. The van der Waals surface area contributed by atoms with Crippen LogP contribution in [-0.4, -0.2) is 38.6 Å². The minimum absolute atomic E-state index is 0.0193. The molecule has 7 heteroatoms. The summed E-state index contributed by atoms with van der Waals surface area (Å²) < 4.78 is 57.5. The maximum absolute atomic E-state index is 13.8. The van der Waals surface area contributed by atoms with Crippen LogP contribution < -0.4 is 14.4 Å². The van der Waals surface area contributed by atoms with Crippen molar-refractivity contribution < 1.29 is 27.4 Å². The molecule has 4 atom stereocenters. The summed E-state index contributed by atoms with van der Waals surface area (Å²) in [4.78, 5) is 1.59. The molecular formula is C24H28F3NO3. The van der Waals surface area contributed by atoms with Crippen molar-refractivity contribution in [2.24, 2.45) is 11.8 Å². The molecule has 0 spiro atoms. The van der Waals surface area contributed by atoms with Crippen LogP contribution in [0.5, 0.6) is 11.5 Å². The molecule has 2 aromatic carbocycles. The first kappa shape index (κ1) is 21.8. The molecular weight excluding hydrogens is 407 g/mol. The SMILES string of the molecule is COc1ccc(COCC[C@@H]2[C@@H]3C[C@@H](C(F)(F)F)N(c4ccc(OC)cc4)[C@]23C)cc1. The Bertz CT molecular complexity index is 884. The number of rotatable bonds is 8. The van der Waals surface area contributed by atoms with E-state index < -0.39 is 17.8 Å². The lowest BCUT2D eigenvalue weighted by Gasteiger charge is -2.37. The van der Waals surface area contributed by atoms with Crippen molar-refractivity contribution in [1.82, 2.24) is 0 Å². The van der Waals surface area contributed by atoms with Crippen molar-refractivity contribution in [3.8, 4) is 11.5 Å². The first-order valence-electron chi connectivity index (χ1n) is 10.5. The molecule has 2 aromatic rings. The third-order valence-corrected chi connectivity index (χ3v) is 6.92. The Kier molecular flexibility index (Phi) is 5.81. The molecule has 1 saturated heterocycles. The molecule has 1 heterocycles. The quantitative estimate of drug-likeness (QED) is 0.516. The monoisotopic (exact) mass is 435 g/mol.